The number of carboxylic acid groups (broad SMARTS) is 1. The van der Waals surface area contributed by atoms with Gasteiger partial charge in [0, 0.05) is 0 Å². The van der Waals surface area contributed by atoms with Gasteiger partial charge in [0.2, 0.25) is 5.76 Å². The third-order valence-electron chi connectivity index (χ3n) is 0.732. The molecule has 0 atom stereocenters. The van der Waals surface area contributed by atoms with E-state index in [4.69, 9.17) is 5.11 Å². The predicted octanol–water partition coefficient (Wildman–Crippen LogP) is -1.91. The van der Waals surface area contributed by atoms with Crippen molar-refractivity contribution in [3.05, 3.63) is 24.2 Å². The number of carboxylic acids is 1. The van der Waals surface area contributed by atoms with Crippen molar-refractivity contribution in [1.82, 2.24) is 0 Å². The maximum absolute atomic E-state index is 9.97. The van der Waals surface area contributed by atoms with Gasteiger partial charge in [-0.1, -0.05) is 0 Å². The first kappa shape index (κ1) is 8.35. The van der Waals surface area contributed by atoms with E-state index in [0.717, 1.165) is 0 Å². The molecule has 1 aromatic rings. The van der Waals surface area contributed by atoms with Crippen molar-refractivity contribution in [2.24, 2.45) is 0 Å². The zero-order valence-electron chi connectivity index (χ0n) is 6.00. The molecule has 4 heteroatoms. The van der Waals surface area contributed by atoms with Crippen molar-refractivity contribution in [3.63, 3.8) is 0 Å². The molecule has 0 fully saturated rings. The zero-order chi connectivity index (χ0) is 5.98. The number of furan rings is 1. The first-order valence-corrected chi connectivity index (χ1v) is 2.07. The number of carbonyl (C=O) groups is 1. The van der Waals surface area contributed by atoms with E-state index in [-0.39, 0.29) is 26.0 Å². The topological polar surface area (TPSA) is 50.4 Å². The molecule has 3 nitrogen and oxygen atoms in total. The van der Waals surface area contributed by atoms with Gasteiger partial charge in [0.05, 0.1) is 6.26 Å². The molecular weight excluding hydrogens is 115 g/mol. The molecule has 1 N–H and O–H groups in total. The van der Waals surface area contributed by atoms with Gasteiger partial charge in [0.25, 0.3) is 0 Å². The largest absolute Gasteiger partial charge is 1.00 e. The minimum atomic E-state index is -1.03. The van der Waals surface area contributed by atoms with E-state index in [2.05, 4.69) is 4.42 Å². The summed E-state index contributed by atoms with van der Waals surface area (Å²) in [5.41, 5.74) is 0. The van der Waals surface area contributed by atoms with Crippen molar-refractivity contribution in [3.8, 4) is 0 Å². The Morgan fingerprint density at radius 2 is 2.44 bits per heavy atom. The molecule has 1 rings (SSSR count). The Balaban J connectivity index is 0. The second-order valence-electron chi connectivity index (χ2n) is 1.28. The first-order chi connectivity index (χ1) is 3.80. The van der Waals surface area contributed by atoms with E-state index in [1.165, 1.54) is 18.4 Å². The summed E-state index contributed by atoms with van der Waals surface area (Å²) >= 11 is 0. The van der Waals surface area contributed by atoms with Gasteiger partial charge >= 0.3 is 24.8 Å². The van der Waals surface area contributed by atoms with Crippen LogP contribution in [0.5, 0.6) is 0 Å². The molecule has 0 saturated carbocycles. The quantitative estimate of drug-likeness (QED) is 0.440. The van der Waals surface area contributed by atoms with Crippen molar-refractivity contribution in [2.75, 3.05) is 0 Å². The van der Waals surface area contributed by atoms with Crippen LogP contribution >= 0.6 is 0 Å². The number of aromatic carboxylic acids is 1. The average Bonchev–Trinajstić information content (AvgIpc) is 2.12. The van der Waals surface area contributed by atoms with Gasteiger partial charge in [0.15, 0.2) is 0 Å². The van der Waals surface area contributed by atoms with Crippen LogP contribution in [0.2, 0.25) is 0 Å². The zero-order valence-corrected chi connectivity index (χ0v) is 5.00. The standard InChI is InChI=1S/C5H4O3.Li.H/c6-5(7)4-2-1-3-8-4;;/h1-3H,(H,6,7);;/q;+1;-1. The van der Waals surface area contributed by atoms with Crippen molar-refractivity contribution >= 4 is 5.97 Å². The summed E-state index contributed by atoms with van der Waals surface area (Å²) in [7, 11) is 0. The molecule has 0 spiro atoms. The summed E-state index contributed by atoms with van der Waals surface area (Å²) in [6.45, 7) is 0. The molecule has 0 amide bonds. The molecular formula is C5H5LiO3. The van der Waals surface area contributed by atoms with Crippen molar-refractivity contribution in [2.45, 2.75) is 0 Å². The summed E-state index contributed by atoms with van der Waals surface area (Å²) < 4.78 is 4.50. The minimum Gasteiger partial charge on any atom is -1.00 e. The SMILES string of the molecule is O=C(O)c1ccco1.[H-].[Li+]. The molecule has 0 aliphatic carbocycles. The fourth-order valence-electron chi connectivity index (χ4n) is 0.400. The normalized spacial score (nSPS) is 8.00. The first-order valence-electron chi connectivity index (χ1n) is 2.07. The molecule has 0 aromatic carbocycles. The van der Waals surface area contributed by atoms with Gasteiger partial charge < -0.3 is 11.0 Å². The minimum absolute atomic E-state index is 0. The van der Waals surface area contributed by atoms with Gasteiger partial charge in [0.1, 0.15) is 0 Å². The molecule has 0 aliphatic heterocycles. The van der Waals surface area contributed by atoms with Gasteiger partial charge in [-0.05, 0) is 12.1 Å². The Morgan fingerprint density at radius 1 is 1.78 bits per heavy atom. The van der Waals surface area contributed by atoms with Gasteiger partial charge in [-0.15, -0.1) is 0 Å². The number of hydrogen-bond donors (Lipinski definition) is 1. The van der Waals surface area contributed by atoms with Crippen LogP contribution < -0.4 is 18.9 Å². The summed E-state index contributed by atoms with van der Waals surface area (Å²) in [6, 6.07) is 2.92. The summed E-state index contributed by atoms with van der Waals surface area (Å²) in [6.07, 6.45) is 1.32. The third-order valence-corrected chi connectivity index (χ3v) is 0.732. The van der Waals surface area contributed by atoms with Crippen LogP contribution in [0.1, 0.15) is 12.0 Å². The molecule has 0 aliphatic rings. The monoisotopic (exact) mass is 120 g/mol. The van der Waals surface area contributed by atoms with E-state index in [9.17, 15) is 4.79 Å². The van der Waals surface area contributed by atoms with Crippen LogP contribution in [-0.4, -0.2) is 11.1 Å². The van der Waals surface area contributed by atoms with Crippen LogP contribution in [0.3, 0.4) is 0 Å². The van der Waals surface area contributed by atoms with E-state index in [1.807, 2.05) is 0 Å². The smallest absolute Gasteiger partial charge is 1.00 e. The molecule has 0 saturated heterocycles. The van der Waals surface area contributed by atoms with E-state index in [1.54, 1.807) is 0 Å². The van der Waals surface area contributed by atoms with Crippen LogP contribution in [0.15, 0.2) is 22.8 Å². The molecule has 44 valence electrons. The molecule has 1 heterocycles. The Kier molecular flexibility index (Phi) is 3.14. The summed E-state index contributed by atoms with van der Waals surface area (Å²) in [4.78, 5) is 9.97. The van der Waals surface area contributed by atoms with Crippen LogP contribution in [0.25, 0.3) is 0 Å². The van der Waals surface area contributed by atoms with E-state index < -0.39 is 5.97 Å². The Labute approximate surface area is 65.3 Å². The van der Waals surface area contributed by atoms with Gasteiger partial charge in [-0.3, -0.25) is 0 Å². The predicted molar refractivity (Wildman–Crippen MR) is 26.8 cm³/mol. The molecule has 0 bridgehead atoms. The molecule has 1 aromatic heterocycles. The van der Waals surface area contributed by atoms with Crippen molar-refractivity contribution in [1.29, 1.82) is 0 Å². The molecule has 0 radical (unpaired) electrons. The third kappa shape index (κ3) is 1.96. The average molecular weight is 120 g/mol. The van der Waals surface area contributed by atoms with Crippen LogP contribution in [-0.2, 0) is 0 Å². The van der Waals surface area contributed by atoms with Crippen LogP contribution in [0, 0.1) is 0 Å². The molecule has 9 heavy (non-hydrogen) atoms. The molecule has 0 unspecified atom stereocenters. The fourth-order valence-corrected chi connectivity index (χ4v) is 0.400. The summed E-state index contributed by atoms with van der Waals surface area (Å²) in [5.74, 6) is -1.06. The second kappa shape index (κ2) is 3.39. The number of hydrogen-bond acceptors (Lipinski definition) is 2. The van der Waals surface area contributed by atoms with Crippen molar-refractivity contribution < 1.29 is 34.6 Å². The summed E-state index contributed by atoms with van der Waals surface area (Å²) in [5, 5.41) is 8.18. The van der Waals surface area contributed by atoms with Crippen LogP contribution in [0.4, 0.5) is 0 Å². The van der Waals surface area contributed by atoms with E-state index in [0.29, 0.717) is 0 Å². The van der Waals surface area contributed by atoms with Gasteiger partial charge in [-0.25, -0.2) is 4.79 Å². The second-order valence-corrected chi connectivity index (χ2v) is 1.28. The Bertz CT molecular complexity index is 185. The maximum atomic E-state index is 9.97. The Morgan fingerprint density at radius 3 is 2.67 bits per heavy atom. The Hall–Kier alpha value is -0.653. The maximum Gasteiger partial charge on any atom is 1.00 e. The number of rotatable bonds is 1. The van der Waals surface area contributed by atoms with E-state index >= 15 is 0 Å². The van der Waals surface area contributed by atoms with Gasteiger partial charge in [-0.2, -0.15) is 0 Å². The fraction of sp³-hybridized carbons (Fsp3) is 0.